The zero-order valence-electron chi connectivity index (χ0n) is 19.4. The van der Waals surface area contributed by atoms with Gasteiger partial charge in [0.15, 0.2) is 0 Å². The van der Waals surface area contributed by atoms with Crippen molar-refractivity contribution in [3.8, 4) is 0 Å². The molecule has 0 aromatic heterocycles. The Morgan fingerprint density at radius 2 is 1.67 bits per heavy atom. The topological polar surface area (TPSA) is 73.3 Å². The summed E-state index contributed by atoms with van der Waals surface area (Å²) in [6.07, 6.45) is 20.2. The van der Waals surface area contributed by atoms with E-state index in [-0.39, 0.29) is 17.4 Å². The standard InChI is InChI=1S/C26H47N3O/c1-25(20-7-3-2-4-8-20)22-12-13-26(30-25,16-23(22)27)21-9-5-6-18(15-21)14-19-10-11-24(28)29-17-19/h18-24,29H,2-17,27-28H2,1H3. The molecular weight excluding hydrogens is 370 g/mol. The maximum absolute atomic E-state index is 7.35. The lowest BCUT2D eigenvalue weighted by Gasteiger charge is -2.64. The van der Waals surface area contributed by atoms with Crippen molar-refractivity contribution in [2.24, 2.45) is 41.1 Å². The summed E-state index contributed by atoms with van der Waals surface area (Å²) in [5.41, 5.74) is 13.1. The van der Waals surface area contributed by atoms with Crippen LogP contribution in [0.2, 0.25) is 0 Å². The Kier molecular flexibility index (Phi) is 6.25. The molecule has 30 heavy (non-hydrogen) atoms. The molecule has 6 rings (SSSR count). The lowest BCUT2D eigenvalue weighted by molar-refractivity contribution is -0.295. The summed E-state index contributed by atoms with van der Waals surface area (Å²) in [6.45, 7) is 3.59. The molecule has 5 N–H and O–H groups in total. The summed E-state index contributed by atoms with van der Waals surface area (Å²) in [5, 5.41) is 3.51. The Hall–Kier alpha value is -0.160. The molecule has 4 nitrogen and oxygen atoms in total. The van der Waals surface area contributed by atoms with Crippen LogP contribution in [0.15, 0.2) is 0 Å². The number of fused-ring (bicyclic) bond motifs is 3. The summed E-state index contributed by atoms with van der Waals surface area (Å²) in [6, 6.07) is 0.351. The molecule has 8 atom stereocenters. The second kappa shape index (κ2) is 8.65. The molecule has 3 aliphatic heterocycles. The third kappa shape index (κ3) is 4.00. The molecule has 0 aromatic rings. The minimum Gasteiger partial charge on any atom is -0.368 e. The smallest absolute Gasteiger partial charge is 0.0733 e. The van der Waals surface area contributed by atoms with Crippen molar-refractivity contribution in [1.82, 2.24) is 5.32 Å². The highest BCUT2D eigenvalue weighted by atomic mass is 16.5. The number of ether oxygens (including phenoxy) is 1. The molecule has 3 heterocycles. The quantitative estimate of drug-likeness (QED) is 0.620. The van der Waals surface area contributed by atoms with E-state index in [1.807, 2.05) is 0 Å². The SMILES string of the molecule is CC1(C2CCCCC2)OC2(C3CCCC(CC4CCC(N)NC4)C3)CCC1C(N)C2. The lowest BCUT2D eigenvalue weighted by Crippen LogP contribution is -2.69. The van der Waals surface area contributed by atoms with Crippen LogP contribution in [0, 0.1) is 29.6 Å². The van der Waals surface area contributed by atoms with Crippen molar-refractivity contribution in [1.29, 1.82) is 0 Å². The minimum absolute atomic E-state index is 0.0344. The van der Waals surface area contributed by atoms with Crippen molar-refractivity contribution in [3.63, 3.8) is 0 Å². The minimum atomic E-state index is 0.0344. The van der Waals surface area contributed by atoms with E-state index in [4.69, 9.17) is 16.2 Å². The first-order valence-electron chi connectivity index (χ1n) is 13.4. The summed E-state index contributed by atoms with van der Waals surface area (Å²) in [7, 11) is 0. The number of nitrogens with one attached hydrogen (secondary N) is 1. The fraction of sp³-hybridized carbons (Fsp3) is 1.00. The monoisotopic (exact) mass is 417 g/mol. The Morgan fingerprint density at radius 1 is 0.867 bits per heavy atom. The summed E-state index contributed by atoms with van der Waals surface area (Å²) < 4.78 is 7.35. The van der Waals surface area contributed by atoms with Gasteiger partial charge in [-0.2, -0.15) is 0 Å². The Balaban J connectivity index is 1.28. The summed E-state index contributed by atoms with van der Waals surface area (Å²) in [5.74, 6) is 3.74. The highest BCUT2D eigenvalue weighted by molar-refractivity contribution is 5.12. The molecule has 6 aliphatic rings. The van der Waals surface area contributed by atoms with Gasteiger partial charge in [-0.15, -0.1) is 0 Å². The first-order chi connectivity index (χ1) is 14.5. The summed E-state index contributed by atoms with van der Waals surface area (Å²) in [4.78, 5) is 0. The highest BCUT2D eigenvalue weighted by Gasteiger charge is 2.61. The van der Waals surface area contributed by atoms with Crippen LogP contribution in [0.4, 0.5) is 0 Å². The molecule has 0 amide bonds. The van der Waals surface area contributed by atoms with E-state index in [9.17, 15) is 0 Å². The van der Waals surface area contributed by atoms with Gasteiger partial charge in [-0.05, 0) is 101 Å². The van der Waals surface area contributed by atoms with Gasteiger partial charge in [-0.3, -0.25) is 0 Å². The third-order valence-electron chi connectivity index (χ3n) is 10.3. The molecule has 8 unspecified atom stereocenters. The van der Waals surface area contributed by atoms with Gasteiger partial charge in [-0.1, -0.05) is 32.1 Å². The largest absolute Gasteiger partial charge is 0.368 e. The van der Waals surface area contributed by atoms with Crippen molar-refractivity contribution in [2.45, 2.75) is 127 Å². The predicted octanol–water partition coefficient (Wildman–Crippen LogP) is 4.70. The van der Waals surface area contributed by atoms with Gasteiger partial charge in [0.05, 0.1) is 17.4 Å². The van der Waals surface area contributed by atoms with Crippen LogP contribution in [-0.4, -0.2) is 30.0 Å². The fourth-order valence-electron chi connectivity index (χ4n) is 8.68. The van der Waals surface area contributed by atoms with Gasteiger partial charge in [-0.25, -0.2) is 0 Å². The fourth-order valence-corrected chi connectivity index (χ4v) is 8.68. The van der Waals surface area contributed by atoms with Crippen LogP contribution in [0.1, 0.15) is 103 Å². The lowest BCUT2D eigenvalue weighted by atomic mass is 9.55. The van der Waals surface area contributed by atoms with Gasteiger partial charge in [0.1, 0.15) is 0 Å². The molecule has 6 fully saturated rings. The maximum atomic E-state index is 7.35. The van der Waals surface area contributed by atoms with E-state index in [0.29, 0.717) is 12.0 Å². The van der Waals surface area contributed by atoms with E-state index >= 15 is 0 Å². The average molecular weight is 418 g/mol. The first-order valence-corrected chi connectivity index (χ1v) is 13.4. The highest BCUT2D eigenvalue weighted by Crippen LogP contribution is 2.59. The second-order valence-electron chi connectivity index (χ2n) is 12.1. The van der Waals surface area contributed by atoms with Crippen LogP contribution in [0.25, 0.3) is 0 Å². The van der Waals surface area contributed by atoms with Gasteiger partial charge in [0.25, 0.3) is 0 Å². The Morgan fingerprint density at radius 3 is 2.40 bits per heavy atom. The molecule has 3 aliphatic carbocycles. The van der Waals surface area contributed by atoms with Crippen molar-refractivity contribution in [3.05, 3.63) is 0 Å². The average Bonchev–Trinajstić information content (AvgIpc) is 2.76. The van der Waals surface area contributed by atoms with Crippen LogP contribution < -0.4 is 16.8 Å². The predicted molar refractivity (Wildman–Crippen MR) is 123 cm³/mol. The van der Waals surface area contributed by atoms with E-state index < -0.39 is 0 Å². The van der Waals surface area contributed by atoms with E-state index in [1.165, 1.54) is 83.5 Å². The number of hydrogen-bond acceptors (Lipinski definition) is 4. The molecule has 0 spiro atoms. The molecule has 2 bridgehead atoms. The molecule has 3 saturated heterocycles. The van der Waals surface area contributed by atoms with Gasteiger partial charge < -0.3 is 21.5 Å². The second-order valence-corrected chi connectivity index (χ2v) is 12.1. The first kappa shape index (κ1) is 21.7. The van der Waals surface area contributed by atoms with E-state index in [1.54, 1.807) is 0 Å². The van der Waals surface area contributed by atoms with E-state index in [0.717, 1.165) is 43.1 Å². The van der Waals surface area contributed by atoms with Crippen molar-refractivity contribution in [2.75, 3.05) is 6.54 Å². The van der Waals surface area contributed by atoms with Crippen LogP contribution in [0.3, 0.4) is 0 Å². The van der Waals surface area contributed by atoms with Crippen LogP contribution in [-0.2, 0) is 4.74 Å². The number of rotatable bonds is 4. The molecule has 0 radical (unpaired) electrons. The maximum Gasteiger partial charge on any atom is 0.0733 e. The molecular formula is C26H47N3O. The number of nitrogens with two attached hydrogens (primary N) is 2. The van der Waals surface area contributed by atoms with Gasteiger partial charge in [0, 0.05) is 12.0 Å². The third-order valence-corrected chi connectivity index (χ3v) is 10.3. The normalized spacial score (nSPS) is 50.5. The van der Waals surface area contributed by atoms with Gasteiger partial charge in [0.2, 0.25) is 0 Å². The summed E-state index contributed by atoms with van der Waals surface area (Å²) >= 11 is 0. The van der Waals surface area contributed by atoms with Gasteiger partial charge >= 0.3 is 0 Å². The zero-order valence-corrected chi connectivity index (χ0v) is 19.4. The number of hydrogen-bond donors (Lipinski definition) is 3. The molecule has 3 saturated carbocycles. The number of piperidine rings is 1. The van der Waals surface area contributed by atoms with Crippen molar-refractivity contribution < 1.29 is 4.74 Å². The van der Waals surface area contributed by atoms with Crippen LogP contribution in [0.5, 0.6) is 0 Å². The zero-order chi connectivity index (χ0) is 20.8. The molecule has 172 valence electrons. The Bertz CT molecular complexity index is 585. The molecule has 0 aromatic carbocycles. The Labute approximate surface area is 184 Å². The van der Waals surface area contributed by atoms with Crippen LogP contribution >= 0.6 is 0 Å². The van der Waals surface area contributed by atoms with E-state index in [2.05, 4.69) is 12.2 Å². The van der Waals surface area contributed by atoms with Crippen molar-refractivity contribution >= 4 is 0 Å². The molecule has 4 heteroatoms.